The summed E-state index contributed by atoms with van der Waals surface area (Å²) in [6.07, 6.45) is 3.93. The van der Waals surface area contributed by atoms with Crippen molar-refractivity contribution in [2.75, 3.05) is 75.1 Å². The summed E-state index contributed by atoms with van der Waals surface area (Å²) in [6, 6.07) is -14.2. The molecule has 14 atom stereocenters. The first-order valence-corrected chi connectivity index (χ1v) is 35.6. The smallest absolute Gasteiger partial charge is 0.409 e. The van der Waals surface area contributed by atoms with E-state index in [4.69, 9.17) is 9.47 Å². The molecule has 0 aliphatic carbocycles. The third-order valence-corrected chi connectivity index (χ3v) is 19.2. The molecule has 27 heteroatoms. The Hall–Kier alpha value is -6.90. The quantitative estimate of drug-likeness (QED) is 0.0956. The Kier molecular flexibility index (Phi) is 34.1. The van der Waals surface area contributed by atoms with Crippen molar-refractivity contribution in [3.05, 3.63) is 12.2 Å². The van der Waals surface area contributed by atoms with Crippen LogP contribution >= 0.6 is 0 Å². The van der Waals surface area contributed by atoms with Gasteiger partial charge in [0.05, 0.1) is 18.8 Å². The van der Waals surface area contributed by atoms with Crippen molar-refractivity contribution < 1.29 is 72.1 Å². The summed E-state index contributed by atoms with van der Waals surface area (Å²) in [6.45, 7) is 30.2. The van der Waals surface area contributed by atoms with Gasteiger partial charge in [0.2, 0.25) is 65.0 Å². The van der Waals surface area contributed by atoms with Crippen molar-refractivity contribution in [2.24, 2.45) is 41.4 Å². The fourth-order valence-corrected chi connectivity index (χ4v) is 13.4. The van der Waals surface area contributed by atoms with Gasteiger partial charge in [0.25, 0.3) is 0 Å². The number of allylic oxidation sites excluding steroid dienone is 2. The molecule has 3 saturated heterocycles. The fourth-order valence-electron chi connectivity index (χ4n) is 13.4. The fraction of sp³-hybridized carbons (Fsp3) is 0.803. The van der Waals surface area contributed by atoms with Gasteiger partial charge in [-0.15, -0.1) is 0 Å². The average Bonchev–Trinajstić information content (AvgIpc) is 1.45. The minimum Gasteiger partial charge on any atom is -0.447 e. The highest BCUT2D eigenvalue weighted by molar-refractivity contribution is 6.00. The van der Waals surface area contributed by atoms with Crippen molar-refractivity contribution in [2.45, 2.75) is 254 Å². The molecule has 0 radical (unpaired) electrons. The highest BCUT2D eigenvalue weighted by atomic mass is 16.6. The standard InChI is InChI=1S/C71H124N12O15/c1-24-26-30-46(15)59(84)58-63(88)74-50(25-2)65(90)83-39-49(97-33-34-98-71(96)82-31-28-27-29-32-82)38-54(83)68(93)79(21)56(44(11)12)62(87)75-55(43(9)10)69(94)76(18)51(35-40(3)4)61(86)72-47(16)60(85)73-48(17)64(89)77(19)52(36-41(5)6)66(91)78(20)53(37-42(7)8)67(92)80(22)57(45(13)14)70(95)81(58)23/h24,26,40-59,84H,25,27-39H2,1-23H3,(H,72,86)(H,73,85)(H,74,88)(H,75,87)/b26-24+/t46-,47+,48-,49?,50+,51+,52+,53+,54-,55+,56+,57+,58+,59-/m1/s1. The number of piperidine rings is 1. The maximum atomic E-state index is 15.4. The number of aliphatic hydroxyl groups excluding tert-OH is 1. The van der Waals surface area contributed by atoms with Gasteiger partial charge >= 0.3 is 6.09 Å². The van der Waals surface area contributed by atoms with E-state index < -0.39 is 173 Å². The van der Waals surface area contributed by atoms with Crippen LogP contribution in [0, 0.1) is 41.4 Å². The first kappa shape index (κ1) is 85.3. The van der Waals surface area contributed by atoms with E-state index in [1.165, 1.54) is 85.5 Å². The van der Waals surface area contributed by atoms with Crippen LogP contribution in [0.2, 0.25) is 0 Å². The van der Waals surface area contributed by atoms with Crippen LogP contribution in [-0.2, 0) is 62.2 Å². The van der Waals surface area contributed by atoms with Crippen LogP contribution in [0.5, 0.6) is 0 Å². The molecule has 3 rings (SSSR count). The number of carbonyl (C=O) groups excluding carboxylic acids is 12. The summed E-state index contributed by atoms with van der Waals surface area (Å²) < 4.78 is 11.8. The van der Waals surface area contributed by atoms with Crippen LogP contribution in [-0.4, -0.2) is 269 Å². The Labute approximate surface area is 584 Å². The average molecular weight is 1390 g/mol. The second-order valence-corrected chi connectivity index (χ2v) is 29.8. The lowest BCUT2D eigenvalue weighted by Gasteiger charge is -2.41. The molecule has 12 amide bonds. The van der Waals surface area contributed by atoms with Crippen molar-refractivity contribution in [1.82, 2.24) is 60.5 Å². The van der Waals surface area contributed by atoms with Gasteiger partial charge in [-0.05, 0) is 114 Å². The molecule has 98 heavy (non-hydrogen) atoms. The van der Waals surface area contributed by atoms with Gasteiger partial charge in [-0.2, -0.15) is 0 Å². The number of likely N-dealkylation sites (N-methyl/N-ethyl adjacent to an activating group) is 6. The number of hydrogen-bond acceptors (Lipinski definition) is 15. The summed E-state index contributed by atoms with van der Waals surface area (Å²) in [5.41, 5.74) is 0. The molecule has 0 bridgehead atoms. The van der Waals surface area contributed by atoms with Gasteiger partial charge in [-0.3, -0.25) is 52.7 Å². The molecule has 0 aromatic carbocycles. The molecule has 1 unspecified atom stereocenters. The van der Waals surface area contributed by atoms with Crippen LogP contribution in [0.4, 0.5) is 4.79 Å². The van der Waals surface area contributed by atoms with Crippen LogP contribution in [0.15, 0.2) is 12.2 Å². The van der Waals surface area contributed by atoms with Crippen LogP contribution in [0.25, 0.3) is 0 Å². The third-order valence-electron chi connectivity index (χ3n) is 19.2. The lowest BCUT2D eigenvalue weighted by atomic mass is 9.91. The number of nitrogens with zero attached hydrogens (tertiary/aromatic N) is 8. The zero-order chi connectivity index (χ0) is 74.7. The Morgan fingerprint density at radius 2 is 1.00 bits per heavy atom. The monoisotopic (exact) mass is 1380 g/mol. The van der Waals surface area contributed by atoms with Gasteiger partial charge in [0.15, 0.2) is 0 Å². The van der Waals surface area contributed by atoms with Crippen molar-refractivity contribution in [1.29, 1.82) is 0 Å². The zero-order valence-corrected chi connectivity index (χ0v) is 63.3. The number of nitrogens with one attached hydrogen (secondary N) is 4. The number of fused-ring (bicyclic) bond motifs is 1. The number of carbonyl (C=O) groups is 12. The van der Waals surface area contributed by atoms with Gasteiger partial charge < -0.3 is 75.0 Å². The number of amides is 12. The Balaban J connectivity index is 2.36. The van der Waals surface area contributed by atoms with Crippen molar-refractivity contribution in [3.63, 3.8) is 0 Å². The predicted molar refractivity (Wildman–Crippen MR) is 373 cm³/mol. The van der Waals surface area contributed by atoms with E-state index in [1.54, 1.807) is 79.4 Å². The number of ether oxygens (including phenoxy) is 2. The summed E-state index contributed by atoms with van der Waals surface area (Å²) in [5, 5.41) is 23.5. The van der Waals surface area contributed by atoms with E-state index in [-0.39, 0.29) is 76.0 Å². The lowest BCUT2D eigenvalue weighted by Crippen LogP contribution is -2.64. The number of hydrogen-bond donors (Lipinski definition) is 5. The SMILES string of the molecule is C/C=C/C[C@@H](C)[C@@H](O)[C@H]1C(=O)N[C@@H](CC)C(=O)N2CC(OCCOC(=O)N3CCCCC3)C[C@@H]2C(=O)N(C)[C@@H](C(C)C)C(=O)N[C@@H](C(C)C)C(=O)N(C)[C@@H](CC(C)C)C(=O)N[C@@H](C)C(=O)N[C@H](C)C(=O)N(C)[C@@H](CC(C)C)C(=O)N(C)[C@@H](CC(C)C)C(=O)N(C)[C@@H](C(C)C)C(=O)N1C. The molecule has 3 aliphatic heterocycles. The predicted octanol–water partition coefficient (Wildman–Crippen LogP) is 4.03. The molecular formula is C71H124N12O15. The minimum atomic E-state index is -1.68. The van der Waals surface area contributed by atoms with Crippen LogP contribution < -0.4 is 21.3 Å². The first-order chi connectivity index (χ1) is 45.7. The van der Waals surface area contributed by atoms with E-state index in [2.05, 4.69) is 21.3 Å². The first-order valence-electron chi connectivity index (χ1n) is 35.6. The molecular weight excluding hydrogens is 1260 g/mol. The second-order valence-electron chi connectivity index (χ2n) is 29.8. The Morgan fingerprint density at radius 3 is 1.51 bits per heavy atom. The maximum Gasteiger partial charge on any atom is 0.409 e. The summed E-state index contributed by atoms with van der Waals surface area (Å²) in [7, 11) is 8.51. The molecule has 0 saturated carbocycles. The molecule has 0 aromatic rings. The molecule has 3 fully saturated rings. The normalized spacial score (nSPS) is 27.9. The van der Waals surface area contributed by atoms with Gasteiger partial charge in [0.1, 0.15) is 73.1 Å². The third kappa shape index (κ3) is 22.8. The number of aliphatic hydroxyl groups is 1. The Morgan fingerprint density at radius 1 is 0.520 bits per heavy atom. The van der Waals surface area contributed by atoms with Crippen LogP contribution in [0.1, 0.15) is 175 Å². The van der Waals surface area contributed by atoms with Crippen LogP contribution in [0.3, 0.4) is 0 Å². The highest BCUT2D eigenvalue weighted by Crippen LogP contribution is 2.29. The molecule has 0 aromatic heterocycles. The van der Waals surface area contributed by atoms with E-state index in [0.717, 1.165) is 24.2 Å². The number of likely N-dealkylation sites (tertiary alicyclic amines) is 1. The lowest BCUT2D eigenvalue weighted by molar-refractivity contribution is -0.157. The summed E-state index contributed by atoms with van der Waals surface area (Å²) in [4.78, 5) is 188. The maximum absolute atomic E-state index is 15.4. The number of rotatable bonds is 18. The van der Waals surface area contributed by atoms with Gasteiger partial charge in [-0.25, -0.2) is 4.79 Å². The van der Waals surface area contributed by atoms with Gasteiger partial charge in [-0.1, -0.05) is 109 Å². The largest absolute Gasteiger partial charge is 0.447 e. The summed E-state index contributed by atoms with van der Waals surface area (Å²) in [5.74, 6) is -10.7. The second kappa shape index (κ2) is 39.2. The van der Waals surface area contributed by atoms with E-state index in [0.29, 0.717) is 13.1 Å². The molecule has 3 heterocycles. The zero-order valence-electron chi connectivity index (χ0n) is 63.3. The molecule has 3 aliphatic rings. The van der Waals surface area contributed by atoms with Crippen molar-refractivity contribution in [3.8, 4) is 0 Å². The minimum absolute atomic E-state index is 0.0510. The molecule has 558 valence electrons. The van der Waals surface area contributed by atoms with E-state index in [1.807, 2.05) is 41.5 Å². The van der Waals surface area contributed by atoms with Crippen molar-refractivity contribution >= 4 is 71.1 Å². The molecule has 5 N–H and O–H groups in total. The summed E-state index contributed by atoms with van der Waals surface area (Å²) >= 11 is 0. The Bertz CT molecular complexity index is 2750. The van der Waals surface area contributed by atoms with Gasteiger partial charge in [0, 0.05) is 68.3 Å². The molecule has 27 nitrogen and oxygen atoms in total. The van der Waals surface area contributed by atoms with E-state index >= 15 is 28.8 Å². The van der Waals surface area contributed by atoms with E-state index in [9.17, 15) is 33.9 Å². The molecule has 0 spiro atoms. The topological polar surface area (TPSA) is 318 Å². The highest BCUT2D eigenvalue weighted by Gasteiger charge is 2.49.